The van der Waals surface area contributed by atoms with Gasteiger partial charge in [-0.2, -0.15) is 15.4 Å². The van der Waals surface area contributed by atoms with Crippen LogP contribution in [0.1, 0.15) is 16.1 Å². The van der Waals surface area contributed by atoms with Crippen molar-refractivity contribution >= 4 is 29.1 Å². The molecule has 0 saturated heterocycles. The monoisotopic (exact) mass is 272 g/mol. The second kappa shape index (κ2) is 5.07. The van der Waals surface area contributed by atoms with E-state index < -0.39 is 5.91 Å². The van der Waals surface area contributed by atoms with Crippen LogP contribution >= 0.6 is 23.2 Å². The molecule has 0 aliphatic heterocycles. The van der Waals surface area contributed by atoms with Gasteiger partial charge in [0.2, 0.25) is 0 Å². The Bertz CT molecular complexity index is 529. The van der Waals surface area contributed by atoms with E-state index in [1.807, 2.05) is 0 Å². The van der Waals surface area contributed by atoms with E-state index in [0.29, 0.717) is 5.69 Å². The van der Waals surface area contributed by atoms with E-state index in [2.05, 4.69) is 30.9 Å². The highest BCUT2D eigenvalue weighted by Crippen LogP contribution is 2.15. The maximum Gasteiger partial charge on any atom is 0.254 e. The number of H-pyrrole nitrogens is 1. The summed E-state index contributed by atoms with van der Waals surface area (Å²) in [7, 11) is 0. The van der Waals surface area contributed by atoms with Gasteiger partial charge in [0.15, 0.2) is 10.3 Å². The number of amides is 1. The Balaban J connectivity index is 2.07. The van der Waals surface area contributed by atoms with Crippen LogP contribution in [-0.2, 0) is 6.54 Å². The molecular weight excluding hydrogens is 267 g/mol. The van der Waals surface area contributed by atoms with E-state index >= 15 is 0 Å². The van der Waals surface area contributed by atoms with Gasteiger partial charge < -0.3 is 5.32 Å². The quantitative estimate of drug-likeness (QED) is 0.863. The zero-order valence-electron chi connectivity index (χ0n) is 8.31. The van der Waals surface area contributed by atoms with Gasteiger partial charge in [-0.1, -0.05) is 23.2 Å². The third kappa shape index (κ3) is 2.89. The number of nitrogens with one attached hydrogen (secondary N) is 2. The highest BCUT2D eigenvalue weighted by atomic mass is 35.5. The first-order valence-corrected chi connectivity index (χ1v) is 5.24. The largest absolute Gasteiger partial charge is 0.346 e. The molecule has 88 valence electrons. The Morgan fingerprint density at radius 1 is 1.41 bits per heavy atom. The number of nitrogens with zero attached hydrogens (tertiary/aromatic N) is 4. The minimum atomic E-state index is -0.408. The Morgan fingerprint density at radius 3 is 2.94 bits per heavy atom. The highest BCUT2D eigenvalue weighted by molar-refractivity contribution is 6.34. The smallest absolute Gasteiger partial charge is 0.254 e. The molecule has 9 heteroatoms. The van der Waals surface area contributed by atoms with Crippen molar-refractivity contribution in [3.8, 4) is 0 Å². The number of aromatic nitrogens is 5. The van der Waals surface area contributed by atoms with Crippen LogP contribution in [0, 0.1) is 0 Å². The van der Waals surface area contributed by atoms with Crippen LogP contribution in [0.4, 0.5) is 0 Å². The first-order chi connectivity index (χ1) is 8.16. The molecule has 0 unspecified atom stereocenters. The van der Waals surface area contributed by atoms with Crippen LogP contribution in [0.25, 0.3) is 0 Å². The minimum Gasteiger partial charge on any atom is -0.346 e. The van der Waals surface area contributed by atoms with Crippen molar-refractivity contribution in [1.29, 1.82) is 0 Å². The summed E-state index contributed by atoms with van der Waals surface area (Å²) < 4.78 is 0. The molecule has 2 aromatic rings. The maximum absolute atomic E-state index is 11.7. The van der Waals surface area contributed by atoms with Crippen molar-refractivity contribution in [2.24, 2.45) is 0 Å². The molecule has 1 amide bonds. The van der Waals surface area contributed by atoms with Crippen LogP contribution in [-0.4, -0.2) is 31.5 Å². The van der Waals surface area contributed by atoms with Crippen LogP contribution in [0.5, 0.6) is 0 Å². The molecule has 0 aliphatic carbocycles. The number of halogens is 2. The molecule has 0 saturated carbocycles. The van der Waals surface area contributed by atoms with Crippen LogP contribution < -0.4 is 5.32 Å². The van der Waals surface area contributed by atoms with E-state index in [4.69, 9.17) is 23.2 Å². The van der Waals surface area contributed by atoms with Crippen molar-refractivity contribution in [3.63, 3.8) is 0 Å². The normalized spacial score (nSPS) is 10.2. The van der Waals surface area contributed by atoms with E-state index in [9.17, 15) is 4.79 Å². The Labute approximate surface area is 106 Å². The van der Waals surface area contributed by atoms with Gasteiger partial charge in [0.25, 0.3) is 5.91 Å². The second-order valence-corrected chi connectivity index (χ2v) is 3.76. The fourth-order valence-corrected chi connectivity index (χ4v) is 1.41. The van der Waals surface area contributed by atoms with Gasteiger partial charge in [0, 0.05) is 0 Å². The van der Waals surface area contributed by atoms with E-state index in [0.717, 1.165) is 0 Å². The van der Waals surface area contributed by atoms with E-state index in [-0.39, 0.29) is 22.4 Å². The van der Waals surface area contributed by atoms with Crippen molar-refractivity contribution in [1.82, 2.24) is 30.9 Å². The standard InChI is InChI=1S/C8H6Cl2N6O/c9-6-1-5(7(10)15-14-6)8(17)11-2-4-3-12-16-13-4/h1,3H,2H2,(H,11,17)(H,12,13,16). The zero-order valence-corrected chi connectivity index (χ0v) is 9.83. The number of hydrogen-bond acceptors (Lipinski definition) is 5. The lowest BCUT2D eigenvalue weighted by molar-refractivity contribution is 0.0950. The molecule has 0 bridgehead atoms. The summed E-state index contributed by atoms with van der Waals surface area (Å²) >= 11 is 11.3. The van der Waals surface area contributed by atoms with Crippen LogP contribution in [0.3, 0.4) is 0 Å². The SMILES string of the molecule is O=C(NCc1cn[nH]n1)c1cc(Cl)nnc1Cl. The maximum atomic E-state index is 11.7. The van der Waals surface area contributed by atoms with Gasteiger partial charge >= 0.3 is 0 Å². The summed E-state index contributed by atoms with van der Waals surface area (Å²) in [5.41, 5.74) is 0.762. The molecule has 0 radical (unpaired) electrons. The molecule has 2 heterocycles. The van der Waals surface area contributed by atoms with Crippen molar-refractivity contribution in [2.45, 2.75) is 6.54 Å². The van der Waals surface area contributed by atoms with Gasteiger partial charge in [-0.25, -0.2) is 0 Å². The first-order valence-electron chi connectivity index (χ1n) is 4.48. The third-order valence-corrected chi connectivity index (χ3v) is 2.32. The van der Waals surface area contributed by atoms with Gasteiger partial charge in [-0.3, -0.25) is 4.79 Å². The summed E-state index contributed by atoms with van der Waals surface area (Å²) in [6, 6.07) is 1.34. The molecule has 2 N–H and O–H groups in total. The fourth-order valence-electron chi connectivity index (χ4n) is 1.09. The molecule has 17 heavy (non-hydrogen) atoms. The predicted octanol–water partition coefficient (Wildman–Crippen LogP) is 0.831. The number of carbonyl (C=O) groups excluding carboxylic acids is 1. The lowest BCUT2D eigenvalue weighted by atomic mass is 10.3. The summed E-state index contributed by atoms with van der Waals surface area (Å²) in [5.74, 6) is -0.408. The lowest BCUT2D eigenvalue weighted by Gasteiger charge is -2.03. The molecule has 0 spiro atoms. The van der Waals surface area contributed by atoms with E-state index in [1.165, 1.54) is 12.3 Å². The number of rotatable bonds is 3. The van der Waals surface area contributed by atoms with Gasteiger partial charge in [0.1, 0.15) is 5.69 Å². The van der Waals surface area contributed by atoms with Crippen LogP contribution in [0.2, 0.25) is 10.3 Å². The molecule has 0 atom stereocenters. The zero-order chi connectivity index (χ0) is 12.3. The molecule has 0 aliphatic rings. The minimum absolute atomic E-state index is 0.00736. The predicted molar refractivity (Wildman–Crippen MR) is 59.6 cm³/mol. The van der Waals surface area contributed by atoms with Gasteiger partial charge in [-0.15, -0.1) is 10.2 Å². The van der Waals surface area contributed by atoms with E-state index in [1.54, 1.807) is 0 Å². The van der Waals surface area contributed by atoms with Gasteiger partial charge in [0.05, 0.1) is 18.3 Å². The summed E-state index contributed by atoms with van der Waals surface area (Å²) in [5, 5.41) is 19.6. The second-order valence-electron chi connectivity index (χ2n) is 3.02. The Morgan fingerprint density at radius 2 is 2.24 bits per heavy atom. The molecule has 0 fully saturated rings. The summed E-state index contributed by atoms with van der Waals surface area (Å²) in [6.45, 7) is 0.228. The van der Waals surface area contributed by atoms with Crippen molar-refractivity contribution in [2.75, 3.05) is 0 Å². The molecular formula is C8H6Cl2N6O. The molecule has 0 aromatic carbocycles. The first kappa shape index (κ1) is 11.7. The highest BCUT2D eigenvalue weighted by Gasteiger charge is 2.13. The summed E-state index contributed by atoms with van der Waals surface area (Å²) in [6.07, 6.45) is 1.50. The van der Waals surface area contributed by atoms with Crippen molar-refractivity contribution < 1.29 is 4.79 Å². The number of hydrogen-bond donors (Lipinski definition) is 2. The van der Waals surface area contributed by atoms with Gasteiger partial charge in [-0.05, 0) is 6.07 Å². The molecule has 2 rings (SSSR count). The lowest BCUT2D eigenvalue weighted by Crippen LogP contribution is -2.23. The Kier molecular flexibility index (Phi) is 3.50. The average Bonchev–Trinajstić information content (AvgIpc) is 2.82. The topological polar surface area (TPSA) is 96.5 Å². The number of carbonyl (C=O) groups is 1. The molecule has 2 aromatic heterocycles. The summed E-state index contributed by atoms with van der Waals surface area (Å²) in [4.78, 5) is 11.7. The molecule has 7 nitrogen and oxygen atoms in total. The van der Waals surface area contributed by atoms with Crippen LogP contribution in [0.15, 0.2) is 12.3 Å². The number of aromatic amines is 1. The Hall–Kier alpha value is -1.73. The van der Waals surface area contributed by atoms with Crippen molar-refractivity contribution in [3.05, 3.63) is 33.8 Å². The third-order valence-electron chi connectivity index (χ3n) is 1.86. The fraction of sp³-hybridized carbons (Fsp3) is 0.125. The average molecular weight is 273 g/mol.